The number of amides is 1. The van der Waals surface area contributed by atoms with E-state index in [0.717, 1.165) is 25.7 Å². The van der Waals surface area contributed by atoms with Gasteiger partial charge in [0.25, 0.3) is 0 Å². The van der Waals surface area contributed by atoms with Crippen LogP contribution in [0.1, 0.15) is 64.7 Å². The summed E-state index contributed by atoms with van der Waals surface area (Å²) in [7, 11) is 0. The molecule has 1 aliphatic carbocycles. The van der Waals surface area contributed by atoms with E-state index in [2.05, 4.69) is 12.2 Å². The summed E-state index contributed by atoms with van der Waals surface area (Å²) >= 11 is 0. The van der Waals surface area contributed by atoms with Crippen molar-refractivity contribution in [3.63, 3.8) is 0 Å². The Morgan fingerprint density at radius 2 is 1.94 bits per heavy atom. The molecule has 0 aromatic heterocycles. The van der Waals surface area contributed by atoms with E-state index < -0.39 is 0 Å². The average molecular weight is 226 g/mol. The smallest absolute Gasteiger partial charge is 0.221 e. The van der Waals surface area contributed by atoms with Gasteiger partial charge >= 0.3 is 0 Å². The van der Waals surface area contributed by atoms with Gasteiger partial charge in [0.2, 0.25) is 5.91 Å². The van der Waals surface area contributed by atoms with Gasteiger partial charge in [0.1, 0.15) is 0 Å². The maximum absolute atomic E-state index is 11.7. The second-order valence-electron chi connectivity index (χ2n) is 5.01. The number of nitrogens with one attached hydrogen (secondary N) is 1. The van der Waals surface area contributed by atoms with Crippen LogP contribution in [0.25, 0.3) is 0 Å². The molecule has 1 unspecified atom stereocenters. The van der Waals surface area contributed by atoms with Crippen LogP contribution in [0.2, 0.25) is 0 Å². The van der Waals surface area contributed by atoms with E-state index in [1.165, 1.54) is 25.7 Å². The van der Waals surface area contributed by atoms with Crippen molar-refractivity contribution in [3.8, 4) is 0 Å². The van der Waals surface area contributed by atoms with E-state index in [-0.39, 0.29) is 11.9 Å². The molecule has 1 rings (SSSR count). The Morgan fingerprint density at radius 3 is 2.50 bits per heavy atom. The van der Waals surface area contributed by atoms with Gasteiger partial charge in [-0.3, -0.25) is 4.79 Å². The quantitative estimate of drug-likeness (QED) is 0.707. The van der Waals surface area contributed by atoms with Gasteiger partial charge in [0.05, 0.1) is 0 Å². The van der Waals surface area contributed by atoms with Gasteiger partial charge in [-0.15, -0.1) is 0 Å². The van der Waals surface area contributed by atoms with Gasteiger partial charge < -0.3 is 11.1 Å². The molecule has 0 bridgehead atoms. The molecule has 0 aromatic carbocycles. The minimum absolute atomic E-state index is 0.0378. The van der Waals surface area contributed by atoms with Crippen LogP contribution in [0.5, 0.6) is 0 Å². The number of carbonyl (C=O) groups is 1. The van der Waals surface area contributed by atoms with Crippen molar-refractivity contribution < 1.29 is 4.79 Å². The molecule has 1 amide bonds. The van der Waals surface area contributed by atoms with E-state index in [1.807, 2.05) is 0 Å². The molecular weight excluding hydrogens is 200 g/mol. The molecule has 3 N–H and O–H groups in total. The molecule has 0 aliphatic heterocycles. The number of hydrogen-bond acceptors (Lipinski definition) is 2. The highest BCUT2D eigenvalue weighted by Gasteiger charge is 2.16. The Hall–Kier alpha value is -0.570. The fourth-order valence-corrected chi connectivity index (χ4v) is 2.42. The Kier molecular flexibility index (Phi) is 6.46. The van der Waals surface area contributed by atoms with Gasteiger partial charge in [-0.25, -0.2) is 0 Å². The molecule has 0 heterocycles. The highest BCUT2D eigenvalue weighted by molar-refractivity contribution is 5.76. The Labute approximate surface area is 99.2 Å². The summed E-state index contributed by atoms with van der Waals surface area (Å²) in [5, 5.41) is 3.13. The summed E-state index contributed by atoms with van der Waals surface area (Å²) in [6, 6.07) is 0.444. The normalized spacial score (nSPS) is 20.1. The van der Waals surface area contributed by atoms with Crippen LogP contribution >= 0.6 is 0 Å². The van der Waals surface area contributed by atoms with Gasteiger partial charge in [0.15, 0.2) is 0 Å². The molecule has 1 fully saturated rings. The fraction of sp³-hybridized carbons (Fsp3) is 0.923. The van der Waals surface area contributed by atoms with Crippen molar-refractivity contribution in [2.24, 2.45) is 5.73 Å². The van der Waals surface area contributed by atoms with Crippen molar-refractivity contribution in [2.75, 3.05) is 0 Å². The third-order valence-electron chi connectivity index (χ3n) is 3.33. The predicted molar refractivity (Wildman–Crippen MR) is 67.1 cm³/mol. The van der Waals surface area contributed by atoms with Crippen LogP contribution in [0, 0.1) is 0 Å². The first-order chi connectivity index (χ1) is 7.72. The van der Waals surface area contributed by atoms with Crippen molar-refractivity contribution in [1.29, 1.82) is 0 Å². The maximum atomic E-state index is 11.7. The SMILES string of the molecule is CCCC(N)CC(=O)NC1CCCCCC1. The zero-order chi connectivity index (χ0) is 11.8. The van der Waals surface area contributed by atoms with Gasteiger partial charge in [0, 0.05) is 18.5 Å². The van der Waals surface area contributed by atoms with E-state index in [4.69, 9.17) is 5.73 Å². The summed E-state index contributed by atoms with van der Waals surface area (Å²) in [6.45, 7) is 2.10. The van der Waals surface area contributed by atoms with E-state index in [9.17, 15) is 4.79 Å². The fourth-order valence-electron chi connectivity index (χ4n) is 2.42. The van der Waals surface area contributed by atoms with Gasteiger partial charge in [-0.1, -0.05) is 39.0 Å². The summed E-state index contributed by atoms with van der Waals surface area (Å²) in [4.78, 5) is 11.7. The zero-order valence-corrected chi connectivity index (χ0v) is 10.5. The largest absolute Gasteiger partial charge is 0.353 e. The number of carbonyl (C=O) groups excluding carboxylic acids is 1. The Balaban J connectivity index is 2.21. The molecule has 0 spiro atoms. The Morgan fingerprint density at radius 1 is 1.31 bits per heavy atom. The van der Waals surface area contributed by atoms with Crippen molar-refractivity contribution >= 4 is 5.91 Å². The maximum Gasteiger partial charge on any atom is 0.221 e. The second-order valence-corrected chi connectivity index (χ2v) is 5.01. The molecule has 3 nitrogen and oxygen atoms in total. The standard InChI is InChI=1S/C13H26N2O/c1-2-7-11(14)10-13(16)15-12-8-5-3-4-6-9-12/h11-12H,2-10,14H2,1H3,(H,15,16). The van der Waals surface area contributed by atoms with E-state index in [1.54, 1.807) is 0 Å². The zero-order valence-electron chi connectivity index (χ0n) is 10.5. The summed E-state index contributed by atoms with van der Waals surface area (Å²) in [5.41, 5.74) is 5.86. The third-order valence-corrected chi connectivity index (χ3v) is 3.33. The minimum Gasteiger partial charge on any atom is -0.353 e. The number of nitrogens with two attached hydrogens (primary N) is 1. The van der Waals surface area contributed by atoms with E-state index >= 15 is 0 Å². The summed E-state index contributed by atoms with van der Waals surface area (Å²) in [6.07, 6.45) is 9.94. The highest BCUT2D eigenvalue weighted by atomic mass is 16.1. The van der Waals surface area contributed by atoms with Crippen molar-refractivity contribution in [3.05, 3.63) is 0 Å². The predicted octanol–water partition coefficient (Wildman–Crippen LogP) is 2.34. The molecular formula is C13H26N2O. The number of rotatable bonds is 5. The van der Waals surface area contributed by atoms with Crippen LogP contribution in [0.4, 0.5) is 0 Å². The second kappa shape index (κ2) is 7.66. The lowest BCUT2D eigenvalue weighted by Crippen LogP contribution is -2.38. The van der Waals surface area contributed by atoms with Crippen LogP contribution < -0.4 is 11.1 Å². The molecule has 1 aliphatic rings. The minimum atomic E-state index is 0.0378. The first kappa shape index (κ1) is 13.5. The first-order valence-corrected chi connectivity index (χ1v) is 6.77. The molecule has 94 valence electrons. The van der Waals surface area contributed by atoms with Crippen molar-refractivity contribution in [1.82, 2.24) is 5.32 Å². The monoisotopic (exact) mass is 226 g/mol. The lowest BCUT2D eigenvalue weighted by Gasteiger charge is -2.17. The number of hydrogen-bond donors (Lipinski definition) is 2. The van der Waals surface area contributed by atoms with Crippen LogP contribution in [0.15, 0.2) is 0 Å². The van der Waals surface area contributed by atoms with Crippen molar-refractivity contribution in [2.45, 2.75) is 76.8 Å². The molecule has 0 radical (unpaired) electrons. The summed E-state index contributed by atoms with van der Waals surface area (Å²) < 4.78 is 0. The van der Waals surface area contributed by atoms with Gasteiger partial charge in [-0.2, -0.15) is 0 Å². The van der Waals surface area contributed by atoms with Crippen LogP contribution in [-0.2, 0) is 4.79 Å². The third kappa shape index (κ3) is 5.50. The first-order valence-electron chi connectivity index (χ1n) is 6.77. The topological polar surface area (TPSA) is 55.1 Å². The Bertz CT molecular complexity index is 198. The lowest BCUT2D eigenvalue weighted by molar-refractivity contribution is -0.122. The molecule has 1 saturated carbocycles. The van der Waals surface area contributed by atoms with Gasteiger partial charge in [-0.05, 0) is 19.3 Å². The molecule has 1 atom stereocenters. The molecule has 16 heavy (non-hydrogen) atoms. The van der Waals surface area contributed by atoms with Crippen LogP contribution in [0.3, 0.4) is 0 Å². The molecule has 0 saturated heterocycles. The lowest BCUT2D eigenvalue weighted by atomic mass is 10.1. The summed E-state index contributed by atoms with van der Waals surface area (Å²) in [5.74, 6) is 0.146. The van der Waals surface area contributed by atoms with E-state index in [0.29, 0.717) is 12.5 Å². The van der Waals surface area contributed by atoms with Crippen LogP contribution in [-0.4, -0.2) is 18.0 Å². The molecule has 0 aromatic rings. The average Bonchev–Trinajstić information content (AvgIpc) is 2.46. The molecule has 3 heteroatoms. The highest BCUT2D eigenvalue weighted by Crippen LogP contribution is 2.17.